The average molecular weight is 265 g/mol. The minimum absolute atomic E-state index is 0.0795. The molecule has 0 unspecified atom stereocenters. The Morgan fingerprint density at radius 3 is 2.06 bits per heavy atom. The Kier molecular flexibility index (Phi) is 5.47. The third-order valence-electron chi connectivity index (χ3n) is 1.88. The van der Waals surface area contributed by atoms with Gasteiger partial charge in [0.2, 0.25) is 0 Å². The first kappa shape index (κ1) is 13.8. The van der Waals surface area contributed by atoms with Gasteiger partial charge in [-0.25, -0.2) is 0 Å². The number of hydrogen-bond donors (Lipinski definition) is 0. The normalized spacial score (nSPS) is 8.94. The van der Waals surface area contributed by atoms with Gasteiger partial charge in [0.25, 0.3) is 10.9 Å². The van der Waals surface area contributed by atoms with E-state index < -0.39 is 10.2 Å². The number of pyridine rings is 1. The van der Waals surface area contributed by atoms with Gasteiger partial charge in [0.15, 0.2) is 0 Å². The molecule has 5 nitrogen and oxygen atoms in total. The molecule has 1 aromatic heterocycles. The third kappa shape index (κ3) is 4.31. The van der Waals surface area contributed by atoms with Crippen molar-refractivity contribution in [3.63, 3.8) is 0 Å². The zero-order valence-corrected chi connectivity index (χ0v) is 9.95. The van der Waals surface area contributed by atoms with Crippen LogP contribution in [0.15, 0.2) is 54.9 Å². The molecule has 0 aliphatic rings. The largest absolute Gasteiger partial charge is 0.281 e. The molecule has 1 heterocycles. The van der Waals surface area contributed by atoms with Crippen LogP contribution in [-0.4, -0.2) is 15.1 Å². The van der Waals surface area contributed by atoms with Gasteiger partial charge in [-0.3, -0.25) is 19.9 Å². The lowest BCUT2D eigenvalue weighted by molar-refractivity contribution is -0.385. The van der Waals surface area contributed by atoms with E-state index in [1.165, 1.54) is 24.3 Å². The van der Waals surface area contributed by atoms with Gasteiger partial charge < -0.3 is 0 Å². The topological polar surface area (TPSA) is 73.1 Å². The maximum atomic E-state index is 10.6. The molecule has 0 atom stereocenters. The first-order chi connectivity index (χ1) is 8.63. The van der Waals surface area contributed by atoms with Crippen LogP contribution < -0.4 is 0 Å². The van der Waals surface area contributed by atoms with Crippen molar-refractivity contribution in [3.8, 4) is 0 Å². The van der Waals surface area contributed by atoms with E-state index in [0.29, 0.717) is 0 Å². The number of benzene rings is 1. The summed E-state index contributed by atoms with van der Waals surface area (Å²) in [5.41, 5.74) is -0.346. The number of carbonyl (C=O) groups excluding carboxylic acids is 1. The first-order valence-corrected chi connectivity index (χ1v) is 5.29. The number of nitro benzene ring substituents is 1. The van der Waals surface area contributed by atoms with Crippen LogP contribution >= 0.6 is 11.6 Å². The summed E-state index contributed by atoms with van der Waals surface area (Å²) in [4.78, 5) is 24.1. The Labute approximate surface area is 108 Å². The maximum absolute atomic E-state index is 10.6. The summed E-state index contributed by atoms with van der Waals surface area (Å²) in [6.45, 7) is 0. The molecule has 0 amide bonds. The number of para-hydroxylation sites is 1. The summed E-state index contributed by atoms with van der Waals surface area (Å²) in [5.74, 6) is 0. The molecular weight excluding hydrogens is 256 g/mol. The van der Waals surface area contributed by atoms with Crippen LogP contribution in [0.4, 0.5) is 5.69 Å². The van der Waals surface area contributed by atoms with Crippen LogP contribution in [0.3, 0.4) is 0 Å². The van der Waals surface area contributed by atoms with Crippen molar-refractivity contribution in [1.29, 1.82) is 0 Å². The van der Waals surface area contributed by atoms with Crippen molar-refractivity contribution in [2.24, 2.45) is 0 Å². The molecule has 0 bridgehead atoms. The summed E-state index contributed by atoms with van der Waals surface area (Å²) >= 11 is 5.11. The monoisotopic (exact) mass is 264 g/mol. The van der Waals surface area contributed by atoms with Crippen LogP contribution in [0.2, 0.25) is 0 Å². The van der Waals surface area contributed by atoms with Crippen molar-refractivity contribution < 1.29 is 9.72 Å². The van der Waals surface area contributed by atoms with Gasteiger partial charge in [-0.05, 0) is 29.8 Å². The summed E-state index contributed by atoms with van der Waals surface area (Å²) in [6, 6.07) is 11.3. The molecule has 0 aliphatic carbocycles. The smallest absolute Gasteiger partial charge is 0.275 e. The predicted molar refractivity (Wildman–Crippen MR) is 67.5 cm³/mol. The average Bonchev–Trinajstić information content (AvgIpc) is 2.41. The van der Waals surface area contributed by atoms with Crippen molar-refractivity contribution in [3.05, 3.63) is 70.5 Å². The highest BCUT2D eigenvalue weighted by Crippen LogP contribution is 2.18. The Morgan fingerprint density at radius 2 is 1.72 bits per heavy atom. The van der Waals surface area contributed by atoms with E-state index >= 15 is 0 Å². The fourth-order valence-corrected chi connectivity index (χ4v) is 1.27. The Hall–Kier alpha value is -2.27. The Bertz CT molecular complexity index is 472. The van der Waals surface area contributed by atoms with E-state index in [-0.39, 0.29) is 11.3 Å². The highest BCUT2D eigenvalue weighted by Gasteiger charge is 2.16. The van der Waals surface area contributed by atoms with E-state index in [0.717, 1.165) is 0 Å². The standard InChI is InChI=1S/C7H4ClNO3.C5H5N/c8-7(10)5-3-1-2-4-6(5)9(11)12;1-2-4-6-5-3-1/h1-4H;1-5H. The third-order valence-corrected chi connectivity index (χ3v) is 2.08. The van der Waals surface area contributed by atoms with Crippen molar-refractivity contribution in [2.75, 3.05) is 0 Å². The van der Waals surface area contributed by atoms with Crippen LogP contribution in [0, 0.1) is 10.1 Å². The fourth-order valence-electron chi connectivity index (χ4n) is 1.11. The van der Waals surface area contributed by atoms with Crippen LogP contribution in [0.5, 0.6) is 0 Å². The molecule has 6 heteroatoms. The second-order valence-corrected chi connectivity index (χ2v) is 3.42. The van der Waals surface area contributed by atoms with Gasteiger partial charge in [0.1, 0.15) is 5.56 Å². The minimum Gasteiger partial charge on any atom is -0.275 e. The number of nitro groups is 1. The molecule has 0 saturated heterocycles. The van der Waals surface area contributed by atoms with Crippen LogP contribution in [0.25, 0.3) is 0 Å². The Balaban J connectivity index is 0.000000225. The number of hydrogen-bond acceptors (Lipinski definition) is 4. The van der Waals surface area contributed by atoms with E-state index in [9.17, 15) is 14.9 Å². The molecule has 18 heavy (non-hydrogen) atoms. The first-order valence-electron chi connectivity index (χ1n) is 4.91. The second kappa shape index (κ2) is 7.13. The number of halogens is 1. The maximum Gasteiger partial charge on any atom is 0.281 e. The van der Waals surface area contributed by atoms with Gasteiger partial charge in [0, 0.05) is 18.5 Å². The fraction of sp³-hybridized carbons (Fsp3) is 0. The summed E-state index contributed by atoms with van der Waals surface area (Å²) in [6.07, 6.45) is 3.50. The molecule has 1 aromatic carbocycles. The van der Waals surface area contributed by atoms with Gasteiger partial charge in [-0.1, -0.05) is 18.2 Å². The van der Waals surface area contributed by atoms with Crippen molar-refractivity contribution in [1.82, 2.24) is 4.98 Å². The number of aromatic nitrogens is 1. The van der Waals surface area contributed by atoms with Crippen molar-refractivity contribution >= 4 is 22.5 Å². The lowest BCUT2D eigenvalue weighted by Gasteiger charge is -1.94. The van der Waals surface area contributed by atoms with E-state index in [2.05, 4.69) is 4.98 Å². The highest BCUT2D eigenvalue weighted by atomic mass is 35.5. The SMILES string of the molecule is O=C(Cl)c1ccccc1[N+](=O)[O-].c1ccncc1. The minimum atomic E-state index is -0.817. The molecule has 0 N–H and O–H groups in total. The summed E-state index contributed by atoms with van der Waals surface area (Å²) in [7, 11) is 0. The second-order valence-electron chi connectivity index (χ2n) is 3.07. The van der Waals surface area contributed by atoms with Gasteiger partial charge in [0.05, 0.1) is 4.92 Å². The predicted octanol–water partition coefficient (Wildman–Crippen LogP) is 3.06. The quantitative estimate of drug-likeness (QED) is 0.475. The molecule has 0 aliphatic heterocycles. The van der Waals surface area contributed by atoms with E-state index in [1.807, 2.05) is 18.2 Å². The molecule has 0 spiro atoms. The molecule has 2 aromatic rings. The molecular formula is C12H9ClN2O3. The van der Waals surface area contributed by atoms with E-state index in [4.69, 9.17) is 11.6 Å². The van der Waals surface area contributed by atoms with Crippen LogP contribution in [0.1, 0.15) is 10.4 Å². The summed E-state index contributed by atoms with van der Waals surface area (Å²) in [5, 5.41) is 9.50. The molecule has 0 fully saturated rings. The molecule has 0 saturated carbocycles. The van der Waals surface area contributed by atoms with Crippen LogP contribution in [-0.2, 0) is 0 Å². The molecule has 92 valence electrons. The van der Waals surface area contributed by atoms with E-state index in [1.54, 1.807) is 12.4 Å². The Morgan fingerprint density at radius 1 is 1.11 bits per heavy atom. The lowest BCUT2D eigenvalue weighted by Crippen LogP contribution is -1.97. The van der Waals surface area contributed by atoms with Gasteiger partial charge >= 0.3 is 0 Å². The molecule has 2 rings (SSSR count). The van der Waals surface area contributed by atoms with Crippen molar-refractivity contribution in [2.45, 2.75) is 0 Å². The highest BCUT2D eigenvalue weighted by molar-refractivity contribution is 6.68. The summed E-state index contributed by atoms with van der Waals surface area (Å²) < 4.78 is 0. The van der Waals surface area contributed by atoms with Gasteiger partial charge in [-0.15, -0.1) is 0 Å². The number of rotatable bonds is 2. The molecule has 0 radical (unpaired) electrons. The lowest BCUT2D eigenvalue weighted by atomic mass is 10.2. The number of nitrogens with zero attached hydrogens (tertiary/aromatic N) is 2. The zero-order chi connectivity index (χ0) is 13.4. The zero-order valence-electron chi connectivity index (χ0n) is 9.19. The number of carbonyl (C=O) groups is 1. The van der Waals surface area contributed by atoms with Gasteiger partial charge in [-0.2, -0.15) is 0 Å².